The first-order valence-electron chi connectivity index (χ1n) is 13.9. The summed E-state index contributed by atoms with van der Waals surface area (Å²) in [7, 11) is 0. The summed E-state index contributed by atoms with van der Waals surface area (Å²) in [5.74, 6) is -0.813. The number of hydrogen-bond donors (Lipinski definition) is 0. The Morgan fingerprint density at radius 2 is 1.13 bits per heavy atom. The maximum Gasteiger partial charge on any atom is 0.340 e. The van der Waals surface area contributed by atoms with Crippen LogP contribution >= 0.6 is 0 Å². The van der Waals surface area contributed by atoms with Gasteiger partial charge in [0.1, 0.15) is 0 Å². The van der Waals surface area contributed by atoms with E-state index < -0.39 is 5.79 Å². The van der Waals surface area contributed by atoms with Gasteiger partial charge in [-0.25, -0.2) is 14.5 Å². The van der Waals surface area contributed by atoms with E-state index in [9.17, 15) is 9.59 Å². The second kappa shape index (κ2) is 9.14. The zero-order chi connectivity index (χ0) is 25.7. The molecule has 3 aliphatic rings. The van der Waals surface area contributed by atoms with Crippen LogP contribution in [0.5, 0.6) is 0 Å². The molecule has 6 nitrogen and oxygen atoms in total. The number of imide groups is 1. The van der Waals surface area contributed by atoms with Crippen LogP contribution in [0.1, 0.15) is 38.5 Å². The molecule has 3 saturated heterocycles. The molecule has 0 saturated carbocycles. The van der Waals surface area contributed by atoms with Crippen molar-refractivity contribution in [2.45, 2.75) is 44.3 Å². The standard InChI is InChI=1S/C32H32N4O2/c37-30-34-23-7-1-6-20-32(34,33-21-8-9-22-33)36(29-19-11-15-25-13-3-5-17-27(25)29)31(38)35(30)28-18-10-14-24-12-2-4-16-26(24)28/h2-5,10-19H,1,6-9,20-23H2. The Kier molecular flexibility index (Phi) is 5.59. The molecule has 0 aliphatic carbocycles. The van der Waals surface area contributed by atoms with E-state index in [1.807, 2.05) is 70.5 Å². The lowest BCUT2D eigenvalue weighted by atomic mass is 10.0. The van der Waals surface area contributed by atoms with Crippen LogP contribution in [0.2, 0.25) is 0 Å². The van der Waals surface area contributed by atoms with Crippen molar-refractivity contribution in [3.8, 4) is 0 Å². The van der Waals surface area contributed by atoms with Crippen LogP contribution in [0.3, 0.4) is 0 Å². The number of rotatable bonds is 3. The van der Waals surface area contributed by atoms with Gasteiger partial charge in [0.15, 0.2) is 5.79 Å². The number of hydrogen-bond acceptors (Lipinski definition) is 3. The van der Waals surface area contributed by atoms with Gasteiger partial charge in [-0.05, 0) is 48.6 Å². The molecule has 4 amide bonds. The molecule has 0 N–H and O–H groups in total. The molecule has 0 aromatic heterocycles. The van der Waals surface area contributed by atoms with Gasteiger partial charge in [0.25, 0.3) is 0 Å². The van der Waals surface area contributed by atoms with Gasteiger partial charge in [0, 0.05) is 36.8 Å². The van der Waals surface area contributed by atoms with E-state index in [0.717, 1.165) is 78.8 Å². The first kappa shape index (κ1) is 23.2. The molecular formula is C32H32N4O2. The first-order chi connectivity index (χ1) is 18.7. The van der Waals surface area contributed by atoms with Crippen molar-refractivity contribution >= 4 is 45.0 Å². The second-order valence-corrected chi connectivity index (χ2v) is 10.7. The van der Waals surface area contributed by atoms with Crippen LogP contribution in [0.15, 0.2) is 84.9 Å². The fraction of sp³-hybridized carbons (Fsp3) is 0.312. The number of carbonyl (C=O) groups is 2. The van der Waals surface area contributed by atoms with E-state index in [-0.39, 0.29) is 12.1 Å². The molecule has 3 heterocycles. The minimum absolute atomic E-state index is 0.211. The van der Waals surface area contributed by atoms with Crippen LogP contribution in [0, 0.1) is 0 Å². The van der Waals surface area contributed by atoms with Gasteiger partial charge in [0.2, 0.25) is 0 Å². The molecule has 1 unspecified atom stereocenters. The smallest absolute Gasteiger partial charge is 0.287 e. The zero-order valence-corrected chi connectivity index (χ0v) is 21.6. The summed E-state index contributed by atoms with van der Waals surface area (Å²) < 4.78 is 0. The van der Waals surface area contributed by atoms with Crippen molar-refractivity contribution < 1.29 is 9.59 Å². The predicted octanol–water partition coefficient (Wildman–Crippen LogP) is 7.19. The van der Waals surface area contributed by atoms with E-state index in [0.29, 0.717) is 12.2 Å². The fourth-order valence-corrected chi connectivity index (χ4v) is 6.91. The van der Waals surface area contributed by atoms with E-state index in [1.54, 1.807) is 0 Å². The molecule has 0 spiro atoms. The monoisotopic (exact) mass is 504 g/mol. The number of carbonyl (C=O) groups excluding carboxylic acids is 2. The van der Waals surface area contributed by atoms with Crippen molar-refractivity contribution in [3.05, 3.63) is 84.9 Å². The number of amides is 4. The quantitative estimate of drug-likeness (QED) is 0.297. The molecule has 38 heavy (non-hydrogen) atoms. The maximum absolute atomic E-state index is 14.9. The van der Waals surface area contributed by atoms with Crippen molar-refractivity contribution in [1.82, 2.24) is 9.80 Å². The normalized spacial score (nSPS) is 22.8. The lowest BCUT2D eigenvalue weighted by Crippen LogP contribution is -2.79. The number of anilines is 2. The fourth-order valence-electron chi connectivity index (χ4n) is 6.91. The molecule has 3 fully saturated rings. The summed E-state index contributed by atoms with van der Waals surface area (Å²) >= 11 is 0. The Bertz CT molecular complexity index is 1530. The lowest BCUT2D eigenvalue weighted by molar-refractivity contribution is -0.0209. The van der Waals surface area contributed by atoms with Crippen LogP contribution < -0.4 is 9.80 Å². The van der Waals surface area contributed by atoms with Crippen LogP contribution in [0.4, 0.5) is 21.0 Å². The summed E-state index contributed by atoms with van der Waals surface area (Å²) in [6.45, 7) is 2.39. The highest BCUT2D eigenvalue weighted by molar-refractivity contribution is 6.25. The Morgan fingerprint density at radius 3 is 1.84 bits per heavy atom. The predicted molar refractivity (Wildman–Crippen MR) is 152 cm³/mol. The molecule has 7 rings (SSSR count). The highest BCUT2D eigenvalue weighted by atomic mass is 16.2. The summed E-state index contributed by atoms with van der Waals surface area (Å²) in [4.78, 5) is 37.3. The van der Waals surface area contributed by atoms with Gasteiger partial charge >= 0.3 is 12.1 Å². The molecular weight excluding hydrogens is 472 g/mol. The summed E-state index contributed by atoms with van der Waals surface area (Å²) in [6, 6.07) is 27.8. The first-order valence-corrected chi connectivity index (χ1v) is 13.9. The third-order valence-electron chi connectivity index (χ3n) is 8.62. The van der Waals surface area contributed by atoms with E-state index in [4.69, 9.17) is 0 Å². The Balaban J connectivity index is 1.51. The van der Waals surface area contributed by atoms with Crippen molar-refractivity contribution in [2.24, 2.45) is 0 Å². The molecule has 0 radical (unpaired) electrons. The lowest BCUT2D eigenvalue weighted by Gasteiger charge is -2.58. The second-order valence-electron chi connectivity index (χ2n) is 10.7. The maximum atomic E-state index is 14.9. The van der Waals surface area contributed by atoms with Gasteiger partial charge in [-0.2, -0.15) is 0 Å². The molecule has 4 aromatic rings. The Hall–Kier alpha value is -3.90. The van der Waals surface area contributed by atoms with Gasteiger partial charge in [-0.15, -0.1) is 0 Å². The van der Waals surface area contributed by atoms with Gasteiger partial charge in [0.05, 0.1) is 11.4 Å². The largest absolute Gasteiger partial charge is 0.340 e. The van der Waals surface area contributed by atoms with Crippen LogP contribution in [-0.4, -0.2) is 47.3 Å². The molecule has 192 valence electrons. The van der Waals surface area contributed by atoms with Crippen molar-refractivity contribution in [1.29, 1.82) is 0 Å². The number of nitrogens with zero attached hydrogens (tertiary/aromatic N) is 4. The minimum Gasteiger partial charge on any atom is -0.287 e. The van der Waals surface area contributed by atoms with E-state index in [2.05, 4.69) is 29.2 Å². The SMILES string of the molecule is O=C1N(c2cccc3ccccc23)C(=O)N(c2cccc3ccccc23)C2(N3CCCC3)CCCCCN12. The van der Waals surface area contributed by atoms with Crippen LogP contribution in [-0.2, 0) is 0 Å². The number of urea groups is 2. The minimum atomic E-state index is -0.813. The zero-order valence-electron chi connectivity index (χ0n) is 21.6. The van der Waals surface area contributed by atoms with Gasteiger partial charge < -0.3 is 0 Å². The molecule has 1 atom stereocenters. The summed E-state index contributed by atoms with van der Waals surface area (Å²) in [5, 5.41) is 4.02. The third kappa shape index (κ3) is 3.36. The van der Waals surface area contributed by atoms with Crippen molar-refractivity contribution in [2.75, 3.05) is 29.4 Å². The Morgan fingerprint density at radius 1 is 0.553 bits per heavy atom. The highest BCUT2D eigenvalue weighted by Crippen LogP contribution is 2.46. The highest BCUT2D eigenvalue weighted by Gasteiger charge is 2.59. The molecule has 0 bridgehead atoms. The Labute approximate surface area is 223 Å². The number of likely N-dealkylation sites (tertiary alicyclic amines) is 1. The van der Waals surface area contributed by atoms with E-state index >= 15 is 0 Å². The number of benzene rings is 4. The average molecular weight is 505 g/mol. The van der Waals surface area contributed by atoms with E-state index in [1.165, 1.54) is 4.90 Å². The molecule has 4 aromatic carbocycles. The molecule has 3 aliphatic heterocycles. The van der Waals surface area contributed by atoms with Crippen molar-refractivity contribution in [3.63, 3.8) is 0 Å². The third-order valence-corrected chi connectivity index (χ3v) is 8.62. The number of fused-ring (bicyclic) bond motifs is 3. The summed E-state index contributed by atoms with van der Waals surface area (Å²) in [6.07, 6.45) is 5.86. The topological polar surface area (TPSA) is 47.1 Å². The summed E-state index contributed by atoms with van der Waals surface area (Å²) in [5.41, 5.74) is 1.51. The van der Waals surface area contributed by atoms with Gasteiger partial charge in [-0.3, -0.25) is 14.7 Å². The average Bonchev–Trinajstić information content (AvgIpc) is 3.41. The molecule has 6 heteroatoms. The van der Waals surface area contributed by atoms with Crippen LogP contribution in [0.25, 0.3) is 21.5 Å². The van der Waals surface area contributed by atoms with Gasteiger partial charge in [-0.1, -0.05) is 79.2 Å².